The number of ketones is 1. The first kappa shape index (κ1) is 10.7. The Bertz CT molecular complexity index is 425. The van der Waals surface area contributed by atoms with Crippen molar-refractivity contribution >= 4 is 11.8 Å². The third kappa shape index (κ3) is 1.91. The summed E-state index contributed by atoms with van der Waals surface area (Å²) in [5, 5.41) is 0. The highest BCUT2D eigenvalue weighted by Crippen LogP contribution is 2.29. The Balaban J connectivity index is 2.07. The molecule has 0 spiro atoms. The van der Waals surface area contributed by atoms with Crippen molar-refractivity contribution in [1.29, 1.82) is 0 Å². The maximum atomic E-state index is 11.8. The number of carbonyl (C=O) groups excluding carboxylic acids is 2. The first-order valence-corrected chi connectivity index (χ1v) is 5.18. The number of para-hydroxylation sites is 1. The van der Waals surface area contributed by atoms with E-state index in [0.29, 0.717) is 17.9 Å². The number of benzene rings is 1. The first-order valence-electron chi connectivity index (χ1n) is 5.18. The van der Waals surface area contributed by atoms with Crippen LogP contribution in [-0.2, 0) is 9.53 Å². The minimum absolute atomic E-state index is 0.0264. The molecule has 1 aliphatic heterocycles. The van der Waals surface area contributed by atoms with Gasteiger partial charge in [-0.15, -0.1) is 0 Å². The van der Waals surface area contributed by atoms with E-state index in [1.807, 2.05) is 0 Å². The van der Waals surface area contributed by atoms with Gasteiger partial charge < -0.3 is 9.47 Å². The van der Waals surface area contributed by atoms with Crippen molar-refractivity contribution in [2.45, 2.75) is 19.4 Å². The minimum Gasteiger partial charge on any atom is -0.481 e. The summed E-state index contributed by atoms with van der Waals surface area (Å²) in [4.78, 5) is 23.0. The summed E-state index contributed by atoms with van der Waals surface area (Å²) in [6, 6.07) is 6.98. The maximum absolute atomic E-state index is 11.8. The van der Waals surface area contributed by atoms with Crippen LogP contribution in [0.1, 0.15) is 23.7 Å². The molecule has 0 saturated carbocycles. The van der Waals surface area contributed by atoms with Crippen LogP contribution >= 0.6 is 0 Å². The van der Waals surface area contributed by atoms with Crippen LogP contribution in [0.5, 0.6) is 5.75 Å². The predicted octanol–water partition coefficient (Wildman–Crippen LogP) is 1.58. The van der Waals surface area contributed by atoms with E-state index in [-0.39, 0.29) is 12.2 Å². The van der Waals surface area contributed by atoms with Crippen molar-refractivity contribution in [2.24, 2.45) is 0 Å². The van der Waals surface area contributed by atoms with Crippen LogP contribution in [0.15, 0.2) is 24.3 Å². The summed E-state index contributed by atoms with van der Waals surface area (Å²) in [5.74, 6) is -0.0147. The van der Waals surface area contributed by atoms with Crippen LogP contribution in [-0.4, -0.2) is 24.5 Å². The van der Waals surface area contributed by atoms with E-state index < -0.39 is 12.1 Å². The van der Waals surface area contributed by atoms with Gasteiger partial charge in [0.1, 0.15) is 5.75 Å². The lowest BCUT2D eigenvalue weighted by atomic mass is 10.1. The van der Waals surface area contributed by atoms with Crippen molar-refractivity contribution in [3.05, 3.63) is 29.8 Å². The third-order valence-electron chi connectivity index (χ3n) is 2.37. The van der Waals surface area contributed by atoms with Crippen LogP contribution < -0.4 is 4.74 Å². The monoisotopic (exact) mass is 220 g/mol. The number of rotatable bonds is 3. The van der Waals surface area contributed by atoms with Gasteiger partial charge in [-0.25, -0.2) is 0 Å². The normalized spacial score (nSPS) is 17.8. The fourth-order valence-corrected chi connectivity index (χ4v) is 1.66. The smallest absolute Gasteiger partial charge is 0.310 e. The molecule has 1 unspecified atom stereocenters. The third-order valence-corrected chi connectivity index (χ3v) is 2.37. The molecule has 0 fully saturated rings. The minimum atomic E-state index is -0.726. The molecule has 1 heterocycles. The molecule has 2 rings (SSSR count). The Labute approximate surface area is 93.2 Å². The molecule has 0 amide bonds. The summed E-state index contributed by atoms with van der Waals surface area (Å²) < 4.78 is 10.2. The predicted molar refractivity (Wildman–Crippen MR) is 56.4 cm³/mol. The fraction of sp³-hybridized carbons (Fsp3) is 0.333. The Morgan fingerprint density at radius 2 is 2.19 bits per heavy atom. The average Bonchev–Trinajstić information content (AvgIpc) is 2.57. The zero-order chi connectivity index (χ0) is 11.5. The van der Waals surface area contributed by atoms with Crippen molar-refractivity contribution in [3.63, 3.8) is 0 Å². The number of carbonyl (C=O) groups is 2. The van der Waals surface area contributed by atoms with Crippen molar-refractivity contribution < 1.29 is 19.1 Å². The zero-order valence-electron chi connectivity index (χ0n) is 8.93. The molecule has 1 aliphatic rings. The van der Waals surface area contributed by atoms with E-state index in [0.717, 1.165) is 0 Å². The van der Waals surface area contributed by atoms with Crippen molar-refractivity contribution in [3.8, 4) is 5.75 Å². The molecule has 0 bridgehead atoms. The van der Waals surface area contributed by atoms with E-state index in [2.05, 4.69) is 0 Å². The second kappa shape index (κ2) is 4.35. The van der Waals surface area contributed by atoms with Gasteiger partial charge in [-0.1, -0.05) is 12.1 Å². The van der Waals surface area contributed by atoms with Crippen LogP contribution in [0.2, 0.25) is 0 Å². The van der Waals surface area contributed by atoms with Gasteiger partial charge in [0.05, 0.1) is 18.6 Å². The summed E-state index contributed by atoms with van der Waals surface area (Å²) >= 11 is 0. The van der Waals surface area contributed by atoms with E-state index >= 15 is 0 Å². The molecular weight excluding hydrogens is 208 g/mol. The topological polar surface area (TPSA) is 52.6 Å². The Morgan fingerprint density at radius 3 is 2.88 bits per heavy atom. The number of ether oxygens (including phenoxy) is 2. The molecule has 84 valence electrons. The number of Topliss-reactive ketones (excluding diaryl/α,β-unsaturated/α-hetero) is 1. The second-order valence-corrected chi connectivity index (χ2v) is 3.48. The van der Waals surface area contributed by atoms with Gasteiger partial charge >= 0.3 is 5.97 Å². The van der Waals surface area contributed by atoms with Crippen LogP contribution in [0.3, 0.4) is 0 Å². The van der Waals surface area contributed by atoms with Gasteiger partial charge in [0, 0.05) is 0 Å². The Hall–Kier alpha value is -1.84. The highest BCUT2D eigenvalue weighted by Gasteiger charge is 2.33. The standard InChI is InChI=1S/C12H12O4/c1-2-15-11(13)7-10-12(14)8-5-3-4-6-9(8)16-10/h3-6,10H,2,7H2,1H3. The van der Waals surface area contributed by atoms with Gasteiger partial charge in [-0.05, 0) is 19.1 Å². The molecular formula is C12H12O4. The molecule has 1 aromatic rings. The van der Waals surface area contributed by atoms with Gasteiger partial charge in [-0.2, -0.15) is 0 Å². The Morgan fingerprint density at radius 1 is 1.44 bits per heavy atom. The van der Waals surface area contributed by atoms with Gasteiger partial charge in [0.2, 0.25) is 5.78 Å². The molecule has 0 N–H and O–H groups in total. The van der Waals surface area contributed by atoms with Gasteiger partial charge in [0.25, 0.3) is 0 Å². The SMILES string of the molecule is CCOC(=O)CC1Oc2ccccc2C1=O. The largest absolute Gasteiger partial charge is 0.481 e. The van der Waals surface area contributed by atoms with Crippen molar-refractivity contribution in [1.82, 2.24) is 0 Å². The molecule has 0 radical (unpaired) electrons. The summed E-state index contributed by atoms with van der Waals surface area (Å²) in [5.41, 5.74) is 0.539. The molecule has 0 aromatic heterocycles. The van der Waals surface area contributed by atoms with Crippen LogP contribution in [0.4, 0.5) is 0 Å². The van der Waals surface area contributed by atoms with E-state index in [1.54, 1.807) is 31.2 Å². The second-order valence-electron chi connectivity index (χ2n) is 3.48. The van der Waals surface area contributed by atoms with Crippen LogP contribution in [0, 0.1) is 0 Å². The summed E-state index contributed by atoms with van der Waals surface area (Å²) in [7, 11) is 0. The fourth-order valence-electron chi connectivity index (χ4n) is 1.66. The summed E-state index contributed by atoms with van der Waals surface area (Å²) in [6.45, 7) is 2.04. The van der Waals surface area contributed by atoms with Crippen LogP contribution in [0.25, 0.3) is 0 Å². The first-order chi connectivity index (χ1) is 7.72. The van der Waals surface area contributed by atoms with Crippen molar-refractivity contribution in [2.75, 3.05) is 6.61 Å². The zero-order valence-corrected chi connectivity index (χ0v) is 8.93. The average molecular weight is 220 g/mol. The number of hydrogen-bond acceptors (Lipinski definition) is 4. The Kier molecular flexibility index (Phi) is 2.90. The molecule has 1 atom stereocenters. The molecule has 0 saturated heterocycles. The van der Waals surface area contributed by atoms with E-state index in [9.17, 15) is 9.59 Å². The van der Waals surface area contributed by atoms with Gasteiger partial charge in [-0.3, -0.25) is 9.59 Å². The number of fused-ring (bicyclic) bond motifs is 1. The lowest BCUT2D eigenvalue weighted by Gasteiger charge is -2.07. The maximum Gasteiger partial charge on any atom is 0.310 e. The summed E-state index contributed by atoms with van der Waals surface area (Å²) in [6.07, 6.45) is -0.752. The highest BCUT2D eigenvalue weighted by molar-refractivity contribution is 6.05. The molecule has 0 aliphatic carbocycles. The molecule has 4 nitrogen and oxygen atoms in total. The molecule has 1 aromatic carbocycles. The lowest BCUT2D eigenvalue weighted by Crippen LogP contribution is -2.25. The highest BCUT2D eigenvalue weighted by atomic mass is 16.5. The number of esters is 1. The van der Waals surface area contributed by atoms with Gasteiger partial charge in [0.15, 0.2) is 6.10 Å². The van der Waals surface area contributed by atoms with E-state index in [1.165, 1.54) is 0 Å². The molecule has 4 heteroatoms. The lowest BCUT2D eigenvalue weighted by molar-refractivity contribution is -0.144. The molecule has 16 heavy (non-hydrogen) atoms. The quantitative estimate of drug-likeness (QED) is 0.726. The number of hydrogen-bond donors (Lipinski definition) is 0. The van der Waals surface area contributed by atoms with E-state index in [4.69, 9.17) is 9.47 Å².